The molecule has 4 aliphatic carbocycles. The molecule has 4 unspecified atom stereocenters. The first kappa shape index (κ1) is 16.2. The number of ketones is 2. The van der Waals surface area contributed by atoms with E-state index >= 15 is 0 Å². The van der Waals surface area contributed by atoms with Crippen molar-refractivity contribution in [2.24, 2.45) is 34.5 Å². The molecule has 0 spiro atoms. The average molecular weight is 344 g/mol. The van der Waals surface area contributed by atoms with Crippen molar-refractivity contribution in [2.75, 3.05) is 13.2 Å². The number of Topliss-reactive ketones (excluding diaryl/α,β-unsaturated/α-hetero) is 1. The van der Waals surface area contributed by atoms with Crippen LogP contribution in [0.5, 0.6) is 0 Å². The molecule has 0 aromatic rings. The zero-order valence-corrected chi connectivity index (χ0v) is 15.0. The normalized spacial score (nSPS) is 50.7. The molecule has 7 atom stereocenters. The molecule has 4 nitrogen and oxygen atoms in total. The number of ether oxygens (including phenoxy) is 1. The van der Waals surface area contributed by atoms with Gasteiger partial charge in [-0.3, -0.25) is 9.59 Å². The third kappa shape index (κ3) is 1.96. The van der Waals surface area contributed by atoms with Gasteiger partial charge in [0.2, 0.25) is 0 Å². The number of rotatable bonds is 2. The molecule has 1 saturated heterocycles. The highest BCUT2D eigenvalue weighted by Gasteiger charge is 2.64. The van der Waals surface area contributed by atoms with Gasteiger partial charge in [0.15, 0.2) is 11.6 Å². The van der Waals surface area contributed by atoms with E-state index in [1.165, 1.54) is 5.57 Å². The fraction of sp³-hybridized carbons (Fsp3) is 0.810. The van der Waals surface area contributed by atoms with E-state index in [9.17, 15) is 14.7 Å². The Morgan fingerprint density at radius 1 is 1.28 bits per heavy atom. The lowest BCUT2D eigenvalue weighted by Gasteiger charge is -2.56. The predicted octanol–water partition coefficient (Wildman–Crippen LogP) is 2.68. The number of aliphatic hydroxyl groups excluding tert-OH is 1. The topological polar surface area (TPSA) is 63.6 Å². The van der Waals surface area contributed by atoms with E-state index in [0.29, 0.717) is 24.2 Å². The average Bonchev–Trinajstić information content (AvgIpc) is 3.08. The molecule has 4 fully saturated rings. The van der Waals surface area contributed by atoms with Gasteiger partial charge in [0.1, 0.15) is 6.61 Å². The van der Waals surface area contributed by atoms with Gasteiger partial charge < -0.3 is 9.84 Å². The summed E-state index contributed by atoms with van der Waals surface area (Å²) in [5, 5.41) is 9.40. The maximum Gasteiger partial charge on any atom is 0.161 e. The van der Waals surface area contributed by atoms with Crippen LogP contribution >= 0.6 is 0 Å². The lowest BCUT2D eigenvalue weighted by molar-refractivity contribution is -0.132. The first-order valence-corrected chi connectivity index (χ1v) is 10.00. The van der Waals surface area contributed by atoms with Crippen LogP contribution in [-0.2, 0) is 14.3 Å². The zero-order valence-electron chi connectivity index (χ0n) is 15.0. The zero-order chi connectivity index (χ0) is 17.4. The van der Waals surface area contributed by atoms with Gasteiger partial charge in [-0.05, 0) is 73.3 Å². The van der Waals surface area contributed by atoms with E-state index in [1.54, 1.807) is 0 Å². The SMILES string of the molecule is C[C@]12CCC3C(C[C@@H]4OC[C@@]35CCC(=O)C=C45)C1CCC2C(=O)CO. The van der Waals surface area contributed by atoms with Crippen LogP contribution in [0.3, 0.4) is 0 Å². The fourth-order valence-corrected chi connectivity index (χ4v) is 7.68. The van der Waals surface area contributed by atoms with Gasteiger partial charge in [-0.1, -0.05) is 6.92 Å². The molecule has 0 amide bonds. The fourth-order valence-electron chi connectivity index (χ4n) is 7.68. The number of hydrogen-bond donors (Lipinski definition) is 1. The van der Waals surface area contributed by atoms with E-state index in [4.69, 9.17) is 4.74 Å². The summed E-state index contributed by atoms with van der Waals surface area (Å²) in [7, 11) is 0. The molecular weight excluding hydrogens is 316 g/mol. The number of fused-ring (bicyclic) bond motifs is 3. The summed E-state index contributed by atoms with van der Waals surface area (Å²) in [6.45, 7) is 2.78. The van der Waals surface area contributed by atoms with Crippen molar-refractivity contribution < 1.29 is 19.4 Å². The Morgan fingerprint density at radius 2 is 2.12 bits per heavy atom. The highest BCUT2D eigenvalue weighted by molar-refractivity contribution is 5.92. The summed E-state index contributed by atoms with van der Waals surface area (Å²) in [4.78, 5) is 24.3. The van der Waals surface area contributed by atoms with Gasteiger partial charge in [-0.25, -0.2) is 0 Å². The van der Waals surface area contributed by atoms with Crippen molar-refractivity contribution in [3.05, 3.63) is 11.6 Å². The third-order valence-corrected chi connectivity index (χ3v) is 8.78. The first-order valence-electron chi connectivity index (χ1n) is 10.00. The quantitative estimate of drug-likeness (QED) is 0.836. The summed E-state index contributed by atoms with van der Waals surface area (Å²) >= 11 is 0. The minimum absolute atomic E-state index is 0.0318. The van der Waals surface area contributed by atoms with Crippen molar-refractivity contribution in [3.8, 4) is 0 Å². The number of aliphatic hydroxyl groups is 1. The van der Waals surface area contributed by atoms with Gasteiger partial charge in [-0.15, -0.1) is 0 Å². The van der Waals surface area contributed by atoms with Crippen molar-refractivity contribution in [2.45, 2.75) is 58.0 Å². The highest BCUT2D eigenvalue weighted by Crippen LogP contribution is 2.68. The molecule has 4 heteroatoms. The number of carbonyl (C=O) groups is 2. The second kappa shape index (κ2) is 5.26. The monoisotopic (exact) mass is 344 g/mol. The smallest absolute Gasteiger partial charge is 0.161 e. The second-order valence-electron chi connectivity index (χ2n) is 9.43. The Balaban J connectivity index is 1.51. The van der Waals surface area contributed by atoms with Crippen molar-refractivity contribution >= 4 is 11.6 Å². The summed E-state index contributed by atoms with van der Waals surface area (Å²) in [6.07, 6.45) is 8.92. The lowest BCUT2D eigenvalue weighted by Crippen LogP contribution is -2.53. The van der Waals surface area contributed by atoms with E-state index in [-0.39, 0.29) is 41.0 Å². The number of hydrogen-bond acceptors (Lipinski definition) is 4. The maximum atomic E-state index is 12.3. The molecule has 0 radical (unpaired) electrons. The molecular formula is C21H28O4. The lowest BCUT2D eigenvalue weighted by atomic mass is 9.46. The van der Waals surface area contributed by atoms with Crippen LogP contribution in [0, 0.1) is 34.5 Å². The van der Waals surface area contributed by atoms with E-state index in [2.05, 4.69) is 6.92 Å². The minimum atomic E-state index is -0.314. The van der Waals surface area contributed by atoms with Crippen molar-refractivity contribution in [1.82, 2.24) is 0 Å². The van der Waals surface area contributed by atoms with Crippen LogP contribution in [0.4, 0.5) is 0 Å². The molecule has 0 aromatic carbocycles. The van der Waals surface area contributed by atoms with Crippen molar-refractivity contribution in [1.29, 1.82) is 0 Å². The molecule has 1 N–H and O–H groups in total. The Morgan fingerprint density at radius 3 is 2.92 bits per heavy atom. The number of carbonyl (C=O) groups excluding carboxylic acids is 2. The summed E-state index contributed by atoms with van der Waals surface area (Å²) in [6, 6.07) is 0. The summed E-state index contributed by atoms with van der Waals surface area (Å²) in [5.74, 6) is 2.12. The Hall–Kier alpha value is -1.00. The van der Waals surface area contributed by atoms with Crippen LogP contribution < -0.4 is 0 Å². The largest absolute Gasteiger partial charge is 0.389 e. The van der Waals surface area contributed by atoms with E-state index in [1.807, 2.05) is 6.08 Å². The van der Waals surface area contributed by atoms with Crippen LogP contribution in [0.25, 0.3) is 0 Å². The molecule has 0 aromatic heterocycles. The van der Waals surface area contributed by atoms with E-state index < -0.39 is 0 Å². The van der Waals surface area contributed by atoms with Crippen LogP contribution in [0.2, 0.25) is 0 Å². The maximum absolute atomic E-state index is 12.3. The molecule has 1 aliphatic heterocycles. The highest BCUT2D eigenvalue weighted by atomic mass is 16.5. The molecule has 3 saturated carbocycles. The van der Waals surface area contributed by atoms with Gasteiger partial charge >= 0.3 is 0 Å². The van der Waals surface area contributed by atoms with Gasteiger partial charge in [0, 0.05) is 17.8 Å². The summed E-state index contributed by atoms with van der Waals surface area (Å²) in [5.41, 5.74) is 1.44. The predicted molar refractivity (Wildman–Crippen MR) is 91.7 cm³/mol. The standard InChI is InChI=1S/C21H28O4/c1-20-6-5-15-13(14(20)2-3-16(20)18(24)10-22)9-19-17-8-12(23)4-7-21(15,17)11-25-19/h8,13-16,19,22H,2-7,9-11H2,1H3/t13?,14?,15?,16?,19-,20-,21-/m0/s1. The summed E-state index contributed by atoms with van der Waals surface area (Å²) < 4.78 is 6.20. The second-order valence-corrected chi connectivity index (χ2v) is 9.43. The molecule has 25 heavy (non-hydrogen) atoms. The van der Waals surface area contributed by atoms with Crippen LogP contribution in [0.1, 0.15) is 51.9 Å². The minimum Gasteiger partial charge on any atom is -0.389 e. The first-order chi connectivity index (χ1) is 12.0. The Kier molecular flexibility index (Phi) is 3.41. The van der Waals surface area contributed by atoms with Crippen LogP contribution in [-0.4, -0.2) is 36.0 Å². The Labute approximate surface area is 149 Å². The molecule has 2 bridgehead atoms. The van der Waals surface area contributed by atoms with E-state index in [0.717, 1.165) is 45.1 Å². The van der Waals surface area contributed by atoms with Gasteiger partial charge in [0.25, 0.3) is 0 Å². The molecule has 136 valence electrons. The van der Waals surface area contributed by atoms with Gasteiger partial charge in [0.05, 0.1) is 12.7 Å². The molecule has 5 rings (SSSR count). The molecule has 5 aliphatic rings. The third-order valence-electron chi connectivity index (χ3n) is 8.78. The molecule has 1 heterocycles. The Bertz CT molecular complexity index is 667. The van der Waals surface area contributed by atoms with Crippen LogP contribution in [0.15, 0.2) is 11.6 Å². The van der Waals surface area contributed by atoms with Crippen molar-refractivity contribution in [3.63, 3.8) is 0 Å². The van der Waals surface area contributed by atoms with Gasteiger partial charge in [-0.2, -0.15) is 0 Å².